The molecule has 0 saturated carbocycles. The van der Waals surface area contributed by atoms with Gasteiger partial charge in [-0.15, -0.1) is 0 Å². The summed E-state index contributed by atoms with van der Waals surface area (Å²) in [6.07, 6.45) is 0.0446. The van der Waals surface area contributed by atoms with Crippen molar-refractivity contribution in [2.24, 2.45) is 0 Å². The van der Waals surface area contributed by atoms with Gasteiger partial charge in [0, 0.05) is 25.2 Å². The zero-order valence-corrected chi connectivity index (χ0v) is 13.8. The lowest BCUT2D eigenvalue weighted by Crippen LogP contribution is -2.40. The molecule has 2 aromatic rings. The highest BCUT2D eigenvalue weighted by molar-refractivity contribution is 5.93. The summed E-state index contributed by atoms with van der Waals surface area (Å²) in [6.45, 7) is 2.86. The van der Waals surface area contributed by atoms with Gasteiger partial charge >= 0.3 is 6.18 Å². The molecule has 1 amide bonds. The van der Waals surface area contributed by atoms with Crippen molar-refractivity contribution in [2.45, 2.75) is 38.3 Å². The highest BCUT2D eigenvalue weighted by Gasteiger charge is 2.35. The van der Waals surface area contributed by atoms with Gasteiger partial charge in [0.2, 0.25) is 0 Å². The van der Waals surface area contributed by atoms with Gasteiger partial charge in [-0.2, -0.15) is 13.2 Å². The van der Waals surface area contributed by atoms with E-state index in [1.807, 2.05) is 13.0 Å². The quantitative estimate of drug-likeness (QED) is 0.921. The third-order valence-corrected chi connectivity index (χ3v) is 4.47. The molecule has 3 heterocycles. The van der Waals surface area contributed by atoms with Crippen molar-refractivity contribution < 1.29 is 18.0 Å². The third-order valence-electron chi connectivity index (χ3n) is 4.47. The molecule has 3 rings (SSSR count). The summed E-state index contributed by atoms with van der Waals surface area (Å²) >= 11 is 0. The molecule has 1 aliphatic heterocycles. The Bertz CT molecular complexity index is 756. The minimum Gasteiger partial charge on any atom is -0.338 e. The van der Waals surface area contributed by atoms with Crippen LogP contribution < -0.4 is 0 Å². The SMILES string of the molecule is CCc1cccnc1C(=O)N1CCC[C@@H](c2ncc(C(F)(F)F)[nH]2)C1. The number of rotatable bonds is 3. The Morgan fingerprint density at radius 1 is 1.40 bits per heavy atom. The Kier molecular flexibility index (Phi) is 4.78. The number of hydrogen-bond acceptors (Lipinski definition) is 3. The van der Waals surface area contributed by atoms with Gasteiger partial charge in [0.15, 0.2) is 0 Å². The van der Waals surface area contributed by atoms with Crippen LogP contribution >= 0.6 is 0 Å². The first-order valence-electron chi connectivity index (χ1n) is 8.25. The molecule has 1 N–H and O–H groups in total. The van der Waals surface area contributed by atoms with Crippen LogP contribution in [0.4, 0.5) is 13.2 Å². The molecule has 8 heteroatoms. The monoisotopic (exact) mass is 352 g/mol. The van der Waals surface area contributed by atoms with Crippen LogP contribution in [-0.4, -0.2) is 38.8 Å². The van der Waals surface area contributed by atoms with Crippen LogP contribution in [0.25, 0.3) is 0 Å². The van der Waals surface area contributed by atoms with Gasteiger partial charge < -0.3 is 9.88 Å². The van der Waals surface area contributed by atoms with Gasteiger partial charge in [0.05, 0.1) is 6.20 Å². The van der Waals surface area contributed by atoms with Crippen LogP contribution in [0.5, 0.6) is 0 Å². The zero-order valence-electron chi connectivity index (χ0n) is 13.8. The second kappa shape index (κ2) is 6.85. The molecule has 0 spiro atoms. The lowest BCUT2D eigenvalue weighted by molar-refractivity contribution is -0.141. The number of imidazole rings is 1. The minimum absolute atomic E-state index is 0.176. The number of aromatic amines is 1. The first kappa shape index (κ1) is 17.4. The van der Waals surface area contributed by atoms with Crippen molar-refractivity contribution >= 4 is 5.91 Å². The van der Waals surface area contributed by atoms with E-state index in [1.54, 1.807) is 17.2 Å². The number of carbonyl (C=O) groups is 1. The smallest absolute Gasteiger partial charge is 0.338 e. The van der Waals surface area contributed by atoms with Gasteiger partial charge in [-0.25, -0.2) is 4.98 Å². The number of likely N-dealkylation sites (tertiary alicyclic amines) is 1. The highest BCUT2D eigenvalue weighted by Crippen LogP contribution is 2.31. The predicted octanol–water partition coefficient (Wildman–Crippen LogP) is 3.41. The van der Waals surface area contributed by atoms with Gasteiger partial charge in [0.1, 0.15) is 17.2 Å². The van der Waals surface area contributed by atoms with E-state index in [4.69, 9.17) is 0 Å². The first-order valence-corrected chi connectivity index (χ1v) is 8.25. The molecule has 1 saturated heterocycles. The average molecular weight is 352 g/mol. The van der Waals surface area contributed by atoms with E-state index in [2.05, 4.69) is 15.0 Å². The Hall–Kier alpha value is -2.38. The number of nitrogens with one attached hydrogen (secondary N) is 1. The summed E-state index contributed by atoms with van der Waals surface area (Å²) in [5.74, 6) is -0.131. The number of H-pyrrole nitrogens is 1. The molecule has 0 bridgehead atoms. The standard InChI is InChI=1S/C17H19F3N4O/c1-2-11-5-3-7-21-14(11)16(25)24-8-4-6-12(10-24)15-22-9-13(23-15)17(18,19)20/h3,5,7,9,12H,2,4,6,8,10H2,1H3,(H,22,23)/t12-/m1/s1. The van der Waals surface area contributed by atoms with Crippen LogP contribution in [0.3, 0.4) is 0 Å². The summed E-state index contributed by atoms with van der Waals surface area (Å²) in [4.78, 5) is 24.9. The number of pyridine rings is 1. The number of aryl methyl sites for hydroxylation is 1. The van der Waals surface area contributed by atoms with Gasteiger partial charge in [-0.05, 0) is 30.9 Å². The van der Waals surface area contributed by atoms with Crippen molar-refractivity contribution in [1.82, 2.24) is 19.9 Å². The Balaban J connectivity index is 1.77. The van der Waals surface area contributed by atoms with Crippen LogP contribution in [0.15, 0.2) is 24.5 Å². The van der Waals surface area contributed by atoms with Crippen molar-refractivity contribution in [1.29, 1.82) is 0 Å². The fourth-order valence-corrected chi connectivity index (χ4v) is 3.14. The van der Waals surface area contributed by atoms with Crippen molar-refractivity contribution in [2.75, 3.05) is 13.1 Å². The first-order chi connectivity index (χ1) is 11.9. The van der Waals surface area contributed by atoms with E-state index >= 15 is 0 Å². The zero-order chi connectivity index (χ0) is 18.0. The van der Waals surface area contributed by atoms with E-state index in [-0.39, 0.29) is 17.6 Å². The highest BCUT2D eigenvalue weighted by atomic mass is 19.4. The van der Waals surface area contributed by atoms with Gasteiger partial charge in [-0.1, -0.05) is 13.0 Å². The molecule has 0 radical (unpaired) electrons. The number of carbonyl (C=O) groups excluding carboxylic acids is 1. The minimum atomic E-state index is -4.45. The van der Waals surface area contributed by atoms with Crippen molar-refractivity contribution in [3.05, 3.63) is 47.3 Å². The molecule has 0 aromatic carbocycles. The van der Waals surface area contributed by atoms with Crippen LogP contribution in [0.2, 0.25) is 0 Å². The summed E-state index contributed by atoms with van der Waals surface area (Å²) < 4.78 is 38.2. The van der Waals surface area contributed by atoms with E-state index in [9.17, 15) is 18.0 Å². The fourth-order valence-electron chi connectivity index (χ4n) is 3.14. The van der Waals surface area contributed by atoms with E-state index in [0.717, 1.165) is 11.8 Å². The fraction of sp³-hybridized carbons (Fsp3) is 0.471. The normalized spacial score (nSPS) is 18.4. The maximum absolute atomic E-state index is 12.8. The number of hydrogen-bond donors (Lipinski definition) is 1. The molecule has 25 heavy (non-hydrogen) atoms. The average Bonchev–Trinajstić information content (AvgIpc) is 3.12. The lowest BCUT2D eigenvalue weighted by atomic mass is 9.96. The second-order valence-electron chi connectivity index (χ2n) is 6.13. The summed E-state index contributed by atoms with van der Waals surface area (Å²) in [5.41, 5.74) is 0.428. The van der Waals surface area contributed by atoms with E-state index < -0.39 is 11.9 Å². The number of alkyl halides is 3. The molecule has 0 aliphatic carbocycles. The van der Waals surface area contributed by atoms with E-state index in [0.29, 0.717) is 38.0 Å². The molecular formula is C17H19F3N4O. The van der Waals surface area contributed by atoms with Crippen molar-refractivity contribution in [3.63, 3.8) is 0 Å². The molecule has 5 nitrogen and oxygen atoms in total. The predicted molar refractivity (Wildman–Crippen MR) is 85.1 cm³/mol. The Labute approximate surface area is 143 Å². The Morgan fingerprint density at radius 3 is 2.88 bits per heavy atom. The number of halogens is 3. The molecule has 134 valence electrons. The van der Waals surface area contributed by atoms with E-state index in [1.165, 1.54) is 0 Å². The molecule has 1 fully saturated rings. The number of amides is 1. The number of nitrogens with zero attached hydrogens (tertiary/aromatic N) is 3. The summed E-state index contributed by atoms with van der Waals surface area (Å²) in [7, 11) is 0. The third kappa shape index (κ3) is 3.67. The van der Waals surface area contributed by atoms with Crippen molar-refractivity contribution in [3.8, 4) is 0 Å². The molecule has 1 atom stereocenters. The van der Waals surface area contributed by atoms with Crippen LogP contribution in [-0.2, 0) is 12.6 Å². The maximum atomic E-state index is 12.8. The topological polar surface area (TPSA) is 61.9 Å². The largest absolute Gasteiger partial charge is 0.432 e. The summed E-state index contributed by atoms with van der Waals surface area (Å²) in [5, 5.41) is 0. The molecule has 0 unspecified atom stereocenters. The summed E-state index contributed by atoms with van der Waals surface area (Å²) in [6, 6.07) is 3.65. The molecule has 1 aliphatic rings. The second-order valence-corrected chi connectivity index (χ2v) is 6.13. The molecular weight excluding hydrogens is 333 g/mol. The van der Waals surface area contributed by atoms with Crippen LogP contribution in [0, 0.1) is 0 Å². The maximum Gasteiger partial charge on any atom is 0.432 e. The Morgan fingerprint density at radius 2 is 2.20 bits per heavy atom. The molecule has 2 aromatic heterocycles. The van der Waals surface area contributed by atoms with Crippen LogP contribution in [0.1, 0.15) is 53.3 Å². The lowest BCUT2D eigenvalue weighted by Gasteiger charge is -2.32. The van der Waals surface area contributed by atoms with Gasteiger partial charge in [-0.3, -0.25) is 9.78 Å². The number of piperidine rings is 1. The number of aromatic nitrogens is 3. The van der Waals surface area contributed by atoms with Gasteiger partial charge in [0.25, 0.3) is 5.91 Å².